The van der Waals surface area contributed by atoms with Crippen LogP contribution >= 0.6 is 0 Å². The van der Waals surface area contributed by atoms with E-state index in [9.17, 15) is 19.2 Å². The molecule has 3 aromatic carbocycles. The molecule has 0 bridgehead atoms. The number of benzene rings is 3. The molecule has 0 amide bonds. The third-order valence-corrected chi connectivity index (χ3v) is 7.40. The van der Waals surface area contributed by atoms with Crippen molar-refractivity contribution in [2.24, 2.45) is 0 Å². The van der Waals surface area contributed by atoms with Gasteiger partial charge in [0.1, 0.15) is 23.0 Å². The van der Waals surface area contributed by atoms with E-state index in [1.54, 1.807) is 76.3 Å². The van der Waals surface area contributed by atoms with Gasteiger partial charge in [0.2, 0.25) is 0 Å². The Bertz CT molecular complexity index is 1400. The topological polar surface area (TPSA) is 105 Å². The fourth-order valence-corrected chi connectivity index (χ4v) is 5.85. The second kappa shape index (κ2) is 16.3. The van der Waals surface area contributed by atoms with Crippen molar-refractivity contribution in [2.45, 2.75) is 42.4 Å². The first-order valence-electron chi connectivity index (χ1n) is 13.2. The summed E-state index contributed by atoms with van der Waals surface area (Å²) in [4.78, 5) is 51.4. The van der Waals surface area contributed by atoms with Crippen LogP contribution in [0.4, 0.5) is 0 Å². The van der Waals surface area contributed by atoms with Gasteiger partial charge in [-0.05, 0) is 39.8 Å². The molecule has 0 spiro atoms. The molecule has 3 aromatic rings. The first kappa shape index (κ1) is 32.4. The fourth-order valence-electron chi connectivity index (χ4n) is 3.67. The van der Waals surface area contributed by atoms with Crippen LogP contribution in [0.2, 0.25) is 0 Å². The van der Waals surface area contributed by atoms with Crippen molar-refractivity contribution in [3.8, 4) is 23.0 Å². The molecule has 43 heavy (non-hydrogen) atoms. The maximum Gasteiger partial charge on any atom is 0.335 e. The molecular formula is C34H31O8S+. The van der Waals surface area contributed by atoms with Crippen LogP contribution in [0.3, 0.4) is 0 Å². The van der Waals surface area contributed by atoms with Gasteiger partial charge < -0.3 is 18.9 Å². The molecule has 0 saturated carbocycles. The summed E-state index contributed by atoms with van der Waals surface area (Å²) in [5, 5.41) is 0. The lowest BCUT2D eigenvalue weighted by molar-refractivity contribution is -0.130. The van der Waals surface area contributed by atoms with Crippen molar-refractivity contribution in [2.75, 3.05) is 0 Å². The number of ether oxygens (including phenoxy) is 4. The summed E-state index contributed by atoms with van der Waals surface area (Å²) in [5.74, 6) is -1.86. The molecule has 0 unspecified atom stereocenters. The Kier molecular flexibility index (Phi) is 12.3. The molecule has 0 saturated heterocycles. The van der Waals surface area contributed by atoms with Crippen LogP contribution in [0.5, 0.6) is 23.0 Å². The molecule has 0 fully saturated rings. The first-order valence-corrected chi connectivity index (χ1v) is 14.5. The molecule has 0 aliphatic carbocycles. The Morgan fingerprint density at radius 1 is 0.465 bits per heavy atom. The van der Waals surface area contributed by atoms with Crippen LogP contribution in [-0.2, 0) is 30.1 Å². The Hall–Kier alpha value is -5.15. The molecule has 0 aliphatic rings. The lowest BCUT2D eigenvalue weighted by atomic mass is 10.3. The number of carbonyl (C=O) groups is 4. The Morgan fingerprint density at radius 3 is 1.05 bits per heavy atom. The molecule has 0 radical (unpaired) electrons. The van der Waals surface area contributed by atoms with Crippen molar-refractivity contribution in [1.29, 1.82) is 0 Å². The largest absolute Gasteiger partial charge is 0.423 e. The fraction of sp³-hybridized carbons (Fsp3) is 0.118. The number of allylic oxidation sites excluding steroid dienone is 4. The minimum absolute atomic E-state index is 0.146. The quantitative estimate of drug-likeness (QED) is 0.104. The number of hydrogen-bond donors (Lipinski definition) is 0. The van der Waals surface area contributed by atoms with Crippen molar-refractivity contribution in [3.63, 3.8) is 0 Å². The number of hydrogen-bond acceptors (Lipinski definition) is 8. The van der Waals surface area contributed by atoms with Crippen molar-refractivity contribution >= 4 is 34.8 Å². The van der Waals surface area contributed by atoms with Crippen molar-refractivity contribution < 1.29 is 38.1 Å². The van der Waals surface area contributed by atoms with Gasteiger partial charge in [0, 0.05) is 60.7 Å². The van der Waals surface area contributed by atoms with Gasteiger partial charge in [-0.1, -0.05) is 42.5 Å². The SMILES string of the molecule is C/C=C/C(=O)Oc1cc(OC(=O)/C=C/C)cc([S+](c2ccccc2)c2cc(OC(=O)/C=C/C)cc(OC(=O)/C=C/C)c2)c1. The van der Waals surface area contributed by atoms with E-state index < -0.39 is 34.8 Å². The Morgan fingerprint density at radius 2 is 0.767 bits per heavy atom. The predicted molar refractivity (Wildman–Crippen MR) is 163 cm³/mol. The molecule has 0 aliphatic heterocycles. The maximum absolute atomic E-state index is 12.3. The van der Waals surface area contributed by atoms with Gasteiger partial charge in [-0.15, -0.1) is 0 Å². The number of esters is 4. The summed E-state index contributed by atoms with van der Waals surface area (Å²) in [5.41, 5.74) is 0. The Balaban J connectivity index is 2.26. The standard InChI is InChI=1S/C34H31O8S/c1-5-12-31(35)39-24-18-25(40-32(36)13-6-2)21-29(20-24)43(28-16-10-9-11-17-28)30-22-26(41-33(37)14-7-3)19-27(23-30)42-34(38)15-8-4/h5-23H,1-4H3/q+1/b12-5+,13-6+,14-7+,15-8+. The lowest BCUT2D eigenvalue weighted by Gasteiger charge is -2.13. The summed E-state index contributed by atoms with van der Waals surface area (Å²) in [6.07, 6.45) is 11.3. The minimum atomic E-state index is -0.967. The van der Waals surface area contributed by atoms with E-state index >= 15 is 0 Å². The molecular weight excluding hydrogens is 568 g/mol. The van der Waals surface area contributed by atoms with Crippen molar-refractivity contribution in [1.82, 2.24) is 0 Å². The van der Waals surface area contributed by atoms with Crippen LogP contribution in [0.25, 0.3) is 0 Å². The summed E-state index contributed by atoms with van der Waals surface area (Å²) >= 11 is 0. The van der Waals surface area contributed by atoms with Gasteiger partial charge >= 0.3 is 23.9 Å². The molecule has 3 rings (SSSR count). The van der Waals surface area contributed by atoms with Crippen LogP contribution in [0.1, 0.15) is 27.7 Å². The minimum Gasteiger partial charge on any atom is -0.423 e. The summed E-state index contributed by atoms with van der Waals surface area (Å²) in [6, 6.07) is 18.9. The van der Waals surface area contributed by atoms with Crippen LogP contribution in [0, 0.1) is 0 Å². The smallest absolute Gasteiger partial charge is 0.335 e. The van der Waals surface area contributed by atoms with Crippen molar-refractivity contribution in [3.05, 3.63) is 115 Å². The van der Waals surface area contributed by atoms with Gasteiger partial charge in [0.15, 0.2) is 14.7 Å². The molecule has 0 heterocycles. The Labute approximate surface area is 253 Å². The van der Waals surface area contributed by atoms with Gasteiger partial charge in [0.25, 0.3) is 0 Å². The third kappa shape index (κ3) is 10.0. The normalized spacial score (nSPS) is 11.5. The monoisotopic (exact) mass is 599 g/mol. The summed E-state index contributed by atoms with van der Waals surface area (Å²) < 4.78 is 22.1. The van der Waals surface area contributed by atoms with Crippen LogP contribution < -0.4 is 18.9 Å². The summed E-state index contributed by atoms with van der Waals surface area (Å²) in [6.45, 7) is 6.74. The molecule has 8 nitrogen and oxygen atoms in total. The average molecular weight is 600 g/mol. The molecule has 9 heteroatoms. The van der Waals surface area contributed by atoms with E-state index in [-0.39, 0.29) is 23.0 Å². The van der Waals surface area contributed by atoms with E-state index in [4.69, 9.17) is 18.9 Å². The van der Waals surface area contributed by atoms with E-state index in [2.05, 4.69) is 0 Å². The van der Waals surface area contributed by atoms with Crippen LogP contribution in [0.15, 0.2) is 130 Å². The zero-order valence-electron chi connectivity index (χ0n) is 24.1. The van der Waals surface area contributed by atoms with E-state index in [1.807, 2.05) is 30.3 Å². The average Bonchev–Trinajstić information content (AvgIpc) is 2.94. The maximum atomic E-state index is 12.3. The van der Waals surface area contributed by atoms with Gasteiger partial charge in [-0.3, -0.25) is 0 Å². The number of carbonyl (C=O) groups excluding carboxylic acids is 4. The second-order valence-electron chi connectivity index (χ2n) is 8.58. The molecule has 220 valence electrons. The highest BCUT2D eigenvalue weighted by Gasteiger charge is 2.32. The zero-order valence-corrected chi connectivity index (χ0v) is 25.0. The van der Waals surface area contributed by atoms with Crippen LogP contribution in [-0.4, -0.2) is 23.9 Å². The lowest BCUT2D eigenvalue weighted by Crippen LogP contribution is -2.11. The van der Waals surface area contributed by atoms with E-state index in [1.165, 1.54) is 36.4 Å². The highest BCUT2D eigenvalue weighted by Crippen LogP contribution is 2.39. The van der Waals surface area contributed by atoms with E-state index in [0.717, 1.165) is 4.90 Å². The van der Waals surface area contributed by atoms with E-state index in [0.29, 0.717) is 9.79 Å². The highest BCUT2D eigenvalue weighted by atomic mass is 32.2. The number of rotatable bonds is 11. The molecule has 0 atom stereocenters. The summed E-state index contributed by atoms with van der Waals surface area (Å²) in [7, 11) is -0.967. The van der Waals surface area contributed by atoms with Gasteiger partial charge in [0.05, 0.1) is 10.9 Å². The third-order valence-electron chi connectivity index (χ3n) is 5.24. The molecule has 0 aromatic heterocycles. The zero-order chi connectivity index (χ0) is 31.2. The molecule has 0 N–H and O–H groups in total. The highest BCUT2D eigenvalue weighted by molar-refractivity contribution is 7.97. The predicted octanol–water partition coefficient (Wildman–Crippen LogP) is 6.71. The second-order valence-corrected chi connectivity index (χ2v) is 10.6. The van der Waals surface area contributed by atoms with Gasteiger partial charge in [-0.25, -0.2) is 19.2 Å². The van der Waals surface area contributed by atoms with Gasteiger partial charge in [-0.2, -0.15) is 0 Å². The first-order chi connectivity index (χ1) is 20.8.